The first-order valence-electron chi connectivity index (χ1n) is 29.0. The SMILES string of the molecule is CO[C@@H]1/C=C/C=C(\C)Cc2cc(C)c(Cl)c(c2)N(C)C(=O)C[C@H](OC(=O)Nc2ccc(CC(=O)[C@H](CCCNC(N)=O)NC(=O)[C@@H](CC(=O)CCCCCNC(=O)C(CBr)CBr)C(C)C)c3cccnc23)[C@]2(C)O[C@H]2[C@H](C)[C@@H]2C[C@@]1(O)CC(=O)O2. The number of carbonyl (C=O) groups excluding carboxylic acids is 8. The van der Waals surface area contributed by atoms with Crippen LogP contribution in [0.4, 0.5) is 21.0 Å². The van der Waals surface area contributed by atoms with Crippen LogP contribution in [0.3, 0.4) is 0 Å². The normalized spacial score (nSPS) is 24.3. The molecule has 0 radical (unpaired) electrons. The molecule has 9 atom stereocenters. The number of unbranched alkanes of at least 4 members (excludes halogenated alkanes) is 2. The molecule has 2 fully saturated rings. The highest BCUT2D eigenvalue weighted by atomic mass is 79.9. The molecule has 0 aliphatic carbocycles. The lowest BCUT2D eigenvalue weighted by Crippen LogP contribution is -2.53. The number of aromatic nitrogens is 1. The largest absolute Gasteiger partial charge is 0.462 e. The zero-order valence-electron chi connectivity index (χ0n) is 49.7. The minimum atomic E-state index is -1.64. The molecule has 2 aromatic carbocycles. The lowest BCUT2D eigenvalue weighted by molar-refractivity contribution is -0.187. The number of amides is 6. The van der Waals surface area contributed by atoms with Crippen LogP contribution in [0, 0.1) is 30.6 Å². The van der Waals surface area contributed by atoms with Gasteiger partial charge in [-0.15, -0.1) is 0 Å². The number of epoxide rings is 1. The number of allylic oxidation sites excluding steroid dienone is 3. The quantitative estimate of drug-likeness (QED) is 0.0212. The summed E-state index contributed by atoms with van der Waals surface area (Å²) < 4.78 is 24.2. The van der Waals surface area contributed by atoms with Crippen molar-refractivity contribution in [2.24, 2.45) is 29.4 Å². The number of esters is 1. The summed E-state index contributed by atoms with van der Waals surface area (Å²) in [6.07, 6.45) is 4.62. The van der Waals surface area contributed by atoms with Gasteiger partial charge in [0.2, 0.25) is 17.7 Å². The molecule has 4 heterocycles. The molecule has 3 aromatic rings. The lowest BCUT2D eigenvalue weighted by atomic mass is 9.78. The Morgan fingerprint density at radius 3 is 2.42 bits per heavy atom. The number of ether oxygens (including phenoxy) is 4. The molecule has 7 N–H and O–H groups in total. The lowest BCUT2D eigenvalue weighted by Gasteiger charge is -2.41. The second kappa shape index (κ2) is 31.2. The molecule has 2 saturated heterocycles. The van der Waals surface area contributed by atoms with Crippen LogP contribution in [0.5, 0.6) is 0 Å². The summed E-state index contributed by atoms with van der Waals surface area (Å²) >= 11 is 13.6. The monoisotopic (exact) mass is 1330 g/mol. The third kappa shape index (κ3) is 18.4. The molecule has 6 rings (SSSR count). The fourth-order valence-electron chi connectivity index (χ4n) is 11.2. The van der Waals surface area contributed by atoms with E-state index in [1.165, 1.54) is 18.2 Å². The Hall–Kier alpha value is -5.78. The van der Waals surface area contributed by atoms with Crippen LogP contribution >= 0.6 is 43.5 Å². The molecule has 4 bridgehead atoms. The number of rotatable bonds is 24. The van der Waals surface area contributed by atoms with E-state index in [0.29, 0.717) is 76.5 Å². The molecule has 0 unspecified atom stereocenters. The zero-order chi connectivity index (χ0) is 62.3. The number of carbonyl (C=O) groups is 8. The van der Waals surface area contributed by atoms with E-state index in [0.717, 1.165) is 16.7 Å². The van der Waals surface area contributed by atoms with Crippen molar-refractivity contribution < 1.29 is 62.4 Å². The van der Waals surface area contributed by atoms with Gasteiger partial charge in [0.1, 0.15) is 35.3 Å². The zero-order valence-corrected chi connectivity index (χ0v) is 53.7. The van der Waals surface area contributed by atoms with Crippen LogP contribution in [-0.2, 0) is 60.6 Å². The maximum absolute atomic E-state index is 14.5. The molecule has 3 aliphatic rings. The minimum absolute atomic E-state index is 0.00816. The Morgan fingerprint density at radius 2 is 1.73 bits per heavy atom. The van der Waals surface area contributed by atoms with Crippen molar-refractivity contribution in [3.8, 4) is 0 Å². The third-order valence-electron chi connectivity index (χ3n) is 16.4. The summed E-state index contributed by atoms with van der Waals surface area (Å²) in [5.74, 6) is -3.72. The Labute approximate surface area is 519 Å². The van der Waals surface area contributed by atoms with Gasteiger partial charge in [0.05, 0.1) is 52.8 Å². The van der Waals surface area contributed by atoms with Crippen molar-refractivity contribution in [1.29, 1.82) is 0 Å². The number of aryl methyl sites for hydroxylation is 1. The van der Waals surface area contributed by atoms with Crippen molar-refractivity contribution in [3.63, 3.8) is 0 Å². The van der Waals surface area contributed by atoms with Gasteiger partial charge in [-0.1, -0.05) is 113 Å². The van der Waals surface area contributed by atoms with Gasteiger partial charge >= 0.3 is 18.1 Å². The summed E-state index contributed by atoms with van der Waals surface area (Å²) in [4.78, 5) is 114. The topological polar surface area (TPSA) is 287 Å². The van der Waals surface area contributed by atoms with E-state index in [1.54, 1.807) is 50.4 Å². The maximum atomic E-state index is 14.5. The Bertz CT molecular complexity index is 3000. The van der Waals surface area contributed by atoms with Crippen molar-refractivity contribution in [1.82, 2.24) is 20.9 Å². The first kappa shape index (κ1) is 68.3. The van der Waals surface area contributed by atoms with E-state index in [9.17, 15) is 43.5 Å². The molecule has 23 heteroatoms. The number of nitrogens with one attached hydrogen (secondary N) is 4. The van der Waals surface area contributed by atoms with E-state index in [-0.39, 0.29) is 86.5 Å². The van der Waals surface area contributed by atoms with Crippen LogP contribution in [0.2, 0.25) is 5.02 Å². The summed E-state index contributed by atoms with van der Waals surface area (Å²) in [5.41, 5.74) is 6.45. The average molecular weight is 1330 g/mol. The van der Waals surface area contributed by atoms with Gasteiger partial charge in [-0.25, -0.2) is 9.59 Å². The number of benzene rings is 2. The Morgan fingerprint density at radius 1 is 1.00 bits per heavy atom. The number of aliphatic hydroxyl groups is 1. The van der Waals surface area contributed by atoms with Gasteiger partial charge in [0.15, 0.2) is 5.78 Å². The van der Waals surface area contributed by atoms with Crippen LogP contribution < -0.4 is 31.9 Å². The number of urea groups is 1. The molecular weight excluding hydrogens is 1250 g/mol. The molecule has 6 amide bonds. The van der Waals surface area contributed by atoms with Gasteiger partial charge in [-0.2, -0.15) is 0 Å². The van der Waals surface area contributed by atoms with E-state index >= 15 is 0 Å². The van der Waals surface area contributed by atoms with Gasteiger partial charge in [0.25, 0.3) is 0 Å². The van der Waals surface area contributed by atoms with Crippen LogP contribution in [0.15, 0.2) is 66.4 Å². The number of alkyl halides is 2. The standard InChI is InChI=1S/C62H82Br2ClN7O13/c1-35(2)44(29-42(73)16-10-9-11-22-68-57(77)41(33-63)34-64)58(78)70-45(18-14-24-69-59(66)79)48(74)28-40-20-21-46(55-43(40)17-13-23-67-55)71-60(80)84-51-30-52(75)72(7)47-27-39(26-37(4)54(47)65)25-36(3)15-12-19-50(82-8)62(81)31-49(83-53(76)32-62)38(5)56-61(51,6)85-56/h12-13,15,17,19-21,23,26-27,35,38,41,44-45,49-51,56,81H,9-11,14,16,18,22,24-25,28-34H2,1-8H3,(H,68,77)(H,70,78)(H,71,80)(H3,66,69,79)/b19-12+,36-15+/t38-,44+,45+,49+,50-,51+,56+,61+,62-/m1/s1. The molecule has 464 valence electrons. The summed E-state index contributed by atoms with van der Waals surface area (Å²) in [7, 11) is 3.06. The number of primary amides is 1. The van der Waals surface area contributed by atoms with Crippen LogP contribution in [-0.4, -0.2) is 137 Å². The van der Waals surface area contributed by atoms with E-state index < -0.39 is 83.4 Å². The van der Waals surface area contributed by atoms with Crippen molar-refractivity contribution in [2.45, 2.75) is 160 Å². The molecule has 0 spiro atoms. The molecule has 20 nitrogen and oxygen atoms in total. The third-order valence-corrected chi connectivity index (χ3v) is 18.4. The minimum Gasteiger partial charge on any atom is -0.462 e. The molecule has 1 aromatic heterocycles. The van der Waals surface area contributed by atoms with Crippen molar-refractivity contribution in [3.05, 3.63) is 88.1 Å². The van der Waals surface area contributed by atoms with Crippen molar-refractivity contribution >= 4 is 113 Å². The summed E-state index contributed by atoms with van der Waals surface area (Å²) in [5, 5.41) is 25.2. The number of hydrogen-bond acceptors (Lipinski definition) is 14. The number of methoxy groups -OCH3 is 1. The van der Waals surface area contributed by atoms with Gasteiger partial charge in [-0.05, 0) is 93.7 Å². The van der Waals surface area contributed by atoms with Crippen molar-refractivity contribution in [2.75, 3.05) is 48.1 Å². The van der Waals surface area contributed by atoms with E-state index in [4.69, 9.17) is 36.3 Å². The fraction of sp³-hybridized carbons (Fsp3) is 0.565. The predicted octanol–water partition coefficient (Wildman–Crippen LogP) is 8.83. The predicted molar refractivity (Wildman–Crippen MR) is 332 cm³/mol. The number of nitrogens with two attached hydrogens (primary N) is 1. The molecule has 0 saturated carbocycles. The van der Waals surface area contributed by atoms with E-state index in [1.807, 2.05) is 52.8 Å². The number of pyridine rings is 1. The van der Waals surface area contributed by atoms with E-state index in [2.05, 4.69) is 58.1 Å². The highest BCUT2D eigenvalue weighted by molar-refractivity contribution is 9.09. The Balaban J connectivity index is 1.20. The first-order chi connectivity index (χ1) is 40.3. The molecule has 3 aliphatic heterocycles. The molecular formula is C62H82Br2ClN7O13. The summed E-state index contributed by atoms with van der Waals surface area (Å²) in [6, 6.07) is 8.68. The number of ketones is 2. The van der Waals surface area contributed by atoms with Gasteiger partial charge in [-0.3, -0.25) is 39.1 Å². The van der Waals surface area contributed by atoms with Crippen LogP contribution in [0.1, 0.15) is 116 Å². The number of Topliss-reactive ketones (excluding diaryl/α,β-unsaturated/α-hetero) is 2. The van der Waals surface area contributed by atoms with Gasteiger partial charge in [0, 0.05) is 87.0 Å². The highest BCUT2D eigenvalue weighted by Gasteiger charge is 2.64. The number of hydrogen-bond donors (Lipinski definition) is 6. The maximum Gasteiger partial charge on any atom is 0.412 e. The smallest absolute Gasteiger partial charge is 0.412 e. The highest BCUT2D eigenvalue weighted by Crippen LogP contribution is 2.50. The number of halogens is 3. The Kier molecular flexibility index (Phi) is 25.1. The molecule has 85 heavy (non-hydrogen) atoms. The number of fused-ring (bicyclic) bond motifs is 6. The van der Waals surface area contributed by atoms with Crippen LogP contribution in [0.25, 0.3) is 10.9 Å². The first-order valence-corrected chi connectivity index (χ1v) is 31.6. The summed E-state index contributed by atoms with van der Waals surface area (Å²) in [6.45, 7) is 11.6. The number of nitrogens with zero attached hydrogens (tertiary/aromatic N) is 2. The van der Waals surface area contributed by atoms with Gasteiger partial charge < -0.3 is 50.6 Å². The second-order valence-electron chi connectivity index (χ2n) is 23.3. The average Bonchev–Trinajstić information content (AvgIpc) is 2.26. The second-order valence-corrected chi connectivity index (χ2v) is 24.9. The number of anilines is 2. The fourth-order valence-corrected chi connectivity index (χ4v) is 13.1.